The van der Waals surface area contributed by atoms with Crippen molar-refractivity contribution in [3.63, 3.8) is 0 Å². The van der Waals surface area contributed by atoms with Crippen molar-refractivity contribution < 1.29 is 18.0 Å². The van der Waals surface area contributed by atoms with E-state index in [1.54, 1.807) is 75.4 Å². The average molecular weight is 577 g/mol. The number of amides is 2. The van der Waals surface area contributed by atoms with Crippen LogP contribution in [-0.4, -0.2) is 44.3 Å². The number of nitrogens with one attached hydrogen (secondary N) is 1. The van der Waals surface area contributed by atoms with Crippen LogP contribution in [0.3, 0.4) is 0 Å². The van der Waals surface area contributed by atoms with E-state index >= 15 is 0 Å². The van der Waals surface area contributed by atoms with Crippen molar-refractivity contribution in [2.45, 2.75) is 45.2 Å². The van der Waals surface area contributed by atoms with Crippen molar-refractivity contribution in [1.29, 1.82) is 0 Å². The monoisotopic (exact) mass is 575 g/mol. The van der Waals surface area contributed by atoms with Gasteiger partial charge in [-0.05, 0) is 81.3 Å². The minimum Gasteiger partial charge on any atom is -0.355 e. The van der Waals surface area contributed by atoms with Crippen molar-refractivity contribution in [3.05, 3.63) is 93.5 Å². The Hall–Kier alpha value is -3.07. The SMILES string of the molecule is CCNC(=O)C(C)N(Cc1ccc(Cl)cc1)C(=O)CN(c1ccc(Cl)cc1C)S(=O)(=O)c1ccc(C)cc1. The zero-order chi connectivity index (χ0) is 28.0. The van der Waals surface area contributed by atoms with Gasteiger partial charge < -0.3 is 10.2 Å². The summed E-state index contributed by atoms with van der Waals surface area (Å²) in [6, 6.07) is 17.3. The Morgan fingerprint density at radius 1 is 0.921 bits per heavy atom. The lowest BCUT2D eigenvalue weighted by Gasteiger charge is -2.32. The average Bonchev–Trinajstić information content (AvgIpc) is 2.87. The molecule has 0 heterocycles. The molecule has 0 aliphatic carbocycles. The highest BCUT2D eigenvalue weighted by molar-refractivity contribution is 7.92. The van der Waals surface area contributed by atoms with Gasteiger partial charge in [-0.2, -0.15) is 0 Å². The fourth-order valence-electron chi connectivity index (χ4n) is 3.94. The van der Waals surface area contributed by atoms with Crippen LogP contribution in [0.4, 0.5) is 5.69 Å². The predicted molar refractivity (Wildman–Crippen MR) is 152 cm³/mol. The Kier molecular flexibility index (Phi) is 9.82. The number of aryl methyl sites for hydroxylation is 2. The van der Waals surface area contributed by atoms with Crippen LogP contribution < -0.4 is 9.62 Å². The lowest BCUT2D eigenvalue weighted by Crippen LogP contribution is -2.51. The first-order valence-corrected chi connectivity index (χ1v) is 14.3. The van der Waals surface area contributed by atoms with Gasteiger partial charge >= 0.3 is 0 Å². The summed E-state index contributed by atoms with van der Waals surface area (Å²) in [5.41, 5.74) is 2.55. The molecule has 1 N–H and O–H groups in total. The highest BCUT2D eigenvalue weighted by Crippen LogP contribution is 2.29. The molecule has 0 saturated carbocycles. The maximum absolute atomic E-state index is 13.9. The molecule has 3 aromatic carbocycles. The molecule has 0 aliphatic rings. The van der Waals surface area contributed by atoms with Gasteiger partial charge in [-0.3, -0.25) is 13.9 Å². The van der Waals surface area contributed by atoms with Gasteiger partial charge in [0.15, 0.2) is 0 Å². The van der Waals surface area contributed by atoms with E-state index in [-0.39, 0.29) is 17.3 Å². The molecular weight excluding hydrogens is 545 g/mol. The number of halogens is 2. The van der Waals surface area contributed by atoms with Crippen LogP contribution in [0.25, 0.3) is 0 Å². The predicted octanol–water partition coefficient (Wildman–Crippen LogP) is 5.36. The molecule has 1 atom stereocenters. The molecule has 202 valence electrons. The van der Waals surface area contributed by atoms with E-state index in [4.69, 9.17) is 23.2 Å². The lowest BCUT2D eigenvalue weighted by molar-refractivity contribution is -0.139. The van der Waals surface area contributed by atoms with Crippen LogP contribution in [0.5, 0.6) is 0 Å². The summed E-state index contributed by atoms with van der Waals surface area (Å²) in [7, 11) is -4.14. The van der Waals surface area contributed by atoms with Crippen LogP contribution >= 0.6 is 23.2 Å². The van der Waals surface area contributed by atoms with Crippen molar-refractivity contribution in [2.75, 3.05) is 17.4 Å². The molecule has 3 aromatic rings. The molecule has 0 aromatic heterocycles. The number of hydrogen-bond donors (Lipinski definition) is 1. The van der Waals surface area contributed by atoms with E-state index in [2.05, 4.69) is 5.32 Å². The Labute approximate surface area is 234 Å². The Balaban J connectivity index is 2.06. The first-order valence-electron chi connectivity index (χ1n) is 12.1. The summed E-state index contributed by atoms with van der Waals surface area (Å²) in [6.45, 7) is 6.96. The molecule has 0 bridgehead atoms. The third-order valence-corrected chi connectivity index (χ3v) is 8.36. The smallest absolute Gasteiger partial charge is 0.264 e. The quantitative estimate of drug-likeness (QED) is 0.352. The summed E-state index contributed by atoms with van der Waals surface area (Å²) in [5.74, 6) is -0.880. The topological polar surface area (TPSA) is 86.8 Å². The maximum Gasteiger partial charge on any atom is 0.264 e. The molecule has 0 radical (unpaired) electrons. The molecule has 10 heteroatoms. The minimum absolute atomic E-state index is 0.0475. The van der Waals surface area contributed by atoms with Gasteiger partial charge in [0.1, 0.15) is 12.6 Å². The first-order chi connectivity index (χ1) is 17.9. The molecule has 3 rings (SSSR count). The van der Waals surface area contributed by atoms with Crippen molar-refractivity contribution in [1.82, 2.24) is 10.2 Å². The fraction of sp³-hybridized carbons (Fsp3) is 0.286. The molecule has 0 spiro atoms. The fourth-order valence-corrected chi connectivity index (χ4v) is 5.77. The van der Waals surface area contributed by atoms with Gasteiger partial charge in [0.2, 0.25) is 11.8 Å². The van der Waals surface area contributed by atoms with Gasteiger partial charge in [0, 0.05) is 23.1 Å². The number of hydrogen-bond acceptors (Lipinski definition) is 4. The number of carbonyl (C=O) groups is 2. The standard InChI is InChI=1S/C28H31Cl2N3O4S/c1-5-31-28(35)21(4)32(17-22-8-10-23(29)11-9-22)27(34)18-33(26-15-12-24(30)16-20(26)3)38(36,37)25-13-6-19(2)7-14-25/h6-16,21H,5,17-18H2,1-4H3,(H,31,35). The summed E-state index contributed by atoms with van der Waals surface area (Å²) in [6.07, 6.45) is 0. The van der Waals surface area contributed by atoms with E-state index in [0.29, 0.717) is 27.8 Å². The highest BCUT2D eigenvalue weighted by atomic mass is 35.5. The van der Waals surface area contributed by atoms with Gasteiger partial charge in [0.25, 0.3) is 10.0 Å². The van der Waals surface area contributed by atoms with E-state index in [9.17, 15) is 18.0 Å². The molecule has 0 aliphatic heterocycles. The number of sulfonamides is 1. The van der Waals surface area contributed by atoms with Gasteiger partial charge in [-0.1, -0.05) is 53.0 Å². The summed E-state index contributed by atoms with van der Waals surface area (Å²) in [5, 5.41) is 3.72. The van der Waals surface area contributed by atoms with Crippen LogP contribution in [0.2, 0.25) is 10.0 Å². The second-order valence-corrected chi connectivity index (χ2v) is 11.7. The van der Waals surface area contributed by atoms with E-state index in [1.165, 1.54) is 17.0 Å². The van der Waals surface area contributed by atoms with E-state index < -0.39 is 28.5 Å². The summed E-state index contributed by atoms with van der Waals surface area (Å²) in [4.78, 5) is 28.0. The number of benzene rings is 3. The second-order valence-electron chi connectivity index (χ2n) is 8.97. The molecule has 7 nitrogen and oxygen atoms in total. The lowest BCUT2D eigenvalue weighted by atomic mass is 10.1. The summed E-state index contributed by atoms with van der Waals surface area (Å²) < 4.78 is 28.8. The van der Waals surface area contributed by atoms with Crippen molar-refractivity contribution in [2.24, 2.45) is 0 Å². The van der Waals surface area contributed by atoms with Crippen molar-refractivity contribution >= 4 is 50.7 Å². The Morgan fingerprint density at radius 2 is 1.53 bits per heavy atom. The zero-order valence-corrected chi connectivity index (χ0v) is 24.1. The molecular formula is C28H31Cl2N3O4S. The van der Waals surface area contributed by atoms with E-state index in [0.717, 1.165) is 15.4 Å². The number of rotatable bonds is 10. The highest BCUT2D eigenvalue weighted by Gasteiger charge is 2.33. The first kappa shape index (κ1) is 29.5. The third-order valence-electron chi connectivity index (χ3n) is 6.10. The molecule has 2 amide bonds. The number of carbonyl (C=O) groups excluding carboxylic acids is 2. The van der Waals surface area contributed by atoms with Crippen molar-refractivity contribution in [3.8, 4) is 0 Å². The van der Waals surface area contributed by atoms with Crippen LogP contribution in [-0.2, 0) is 26.2 Å². The largest absolute Gasteiger partial charge is 0.355 e. The van der Waals surface area contributed by atoms with Crippen LogP contribution in [0.1, 0.15) is 30.5 Å². The zero-order valence-electron chi connectivity index (χ0n) is 21.7. The normalized spacial score (nSPS) is 12.1. The molecule has 38 heavy (non-hydrogen) atoms. The van der Waals surface area contributed by atoms with Crippen LogP contribution in [0.15, 0.2) is 71.6 Å². The number of anilines is 1. The maximum atomic E-state index is 13.9. The van der Waals surface area contributed by atoms with Gasteiger partial charge in [-0.25, -0.2) is 8.42 Å². The second kappa shape index (κ2) is 12.7. The van der Waals surface area contributed by atoms with Gasteiger partial charge in [0.05, 0.1) is 10.6 Å². The number of nitrogens with zero attached hydrogens (tertiary/aromatic N) is 2. The Morgan fingerprint density at radius 3 is 2.11 bits per heavy atom. The van der Waals surface area contributed by atoms with E-state index in [1.807, 2.05) is 6.92 Å². The Bertz CT molecular complexity index is 1390. The van der Waals surface area contributed by atoms with Gasteiger partial charge in [-0.15, -0.1) is 0 Å². The number of likely N-dealkylation sites (N-methyl/N-ethyl adjacent to an activating group) is 1. The molecule has 1 unspecified atom stereocenters. The minimum atomic E-state index is -4.14. The molecule has 0 fully saturated rings. The third kappa shape index (κ3) is 7.07. The van der Waals surface area contributed by atoms with Crippen LogP contribution in [0, 0.1) is 13.8 Å². The molecule has 0 saturated heterocycles. The summed E-state index contributed by atoms with van der Waals surface area (Å²) >= 11 is 12.2.